The lowest BCUT2D eigenvalue weighted by Crippen LogP contribution is -2.27. The Hall–Kier alpha value is -1.18. The Kier molecular flexibility index (Phi) is 5.03. The molecule has 0 fully saturated rings. The van der Waals surface area contributed by atoms with Crippen molar-refractivity contribution in [3.05, 3.63) is 23.8 Å². The summed E-state index contributed by atoms with van der Waals surface area (Å²) in [7, 11) is -4.21. The molecule has 126 valence electrons. The van der Waals surface area contributed by atoms with Crippen molar-refractivity contribution in [2.24, 2.45) is 0 Å². The molecule has 1 aromatic carbocycles. The van der Waals surface area contributed by atoms with Gasteiger partial charge in [-0.2, -0.15) is 13.0 Å². The van der Waals surface area contributed by atoms with Gasteiger partial charge in [-0.05, 0) is 26.0 Å². The summed E-state index contributed by atoms with van der Waals surface area (Å²) in [6.07, 6.45) is 0.858. The number of benzene rings is 1. The van der Waals surface area contributed by atoms with Gasteiger partial charge in [-0.3, -0.25) is 9.35 Å². The molecule has 23 heavy (non-hydrogen) atoms. The number of nitrogens with zero attached hydrogens (tertiary/aromatic N) is 1. The molecule has 1 aliphatic rings. The van der Waals surface area contributed by atoms with E-state index in [0.717, 1.165) is 35.7 Å². The minimum atomic E-state index is -4.21. The van der Waals surface area contributed by atoms with E-state index in [9.17, 15) is 17.8 Å². The molecule has 0 aliphatic carbocycles. The van der Waals surface area contributed by atoms with E-state index in [0.29, 0.717) is 0 Å². The van der Waals surface area contributed by atoms with E-state index in [2.05, 4.69) is 4.58 Å². The zero-order valence-corrected chi connectivity index (χ0v) is 15.4. The highest BCUT2D eigenvalue weighted by Gasteiger charge is 2.43. The van der Waals surface area contributed by atoms with E-state index in [4.69, 9.17) is 0 Å². The van der Waals surface area contributed by atoms with Crippen molar-refractivity contribution < 1.29 is 22.3 Å². The van der Waals surface area contributed by atoms with Crippen molar-refractivity contribution in [1.29, 1.82) is 0 Å². The molecular weight excluding hydrogens is 334 g/mol. The lowest BCUT2D eigenvalue weighted by Gasteiger charge is -2.15. The maximum Gasteiger partial charge on any atom is 0.294 e. The number of hydrogen-bond donors (Lipinski definition) is 1. The Balaban J connectivity index is 2.33. The van der Waals surface area contributed by atoms with Crippen LogP contribution in [-0.2, 0) is 20.3 Å². The van der Waals surface area contributed by atoms with Gasteiger partial charge in [0.1, 0.15) is 6.54 Å². The van der Waals surface area contributed by atoms with Crippen LogP contribution in [0.5, 0.6) is 0 Å². The van der Waals surface area contributed by atoms with Gasteiger partial charge in [-0.1, -0.05) is 11.8 Å². The summed E-state index contributed by atoms with van der Waals surface area (Å²) < 4.78 is 34.2. The predicted molar refractivity (Wildman–Crippen MR) is 92.5 cm³/mol. The molecule has 1 heterocycles. The van der Waals surface area contributed by atoms with Crippen LogP contribution in [0.1, 0.15) is 39.7 Å². The van der Waals surface area contributed by atoms with Gasteiger partial charge in [0.15, 0.2) is 10.8 Å². The van der Waals surface area contributed by atoms with Gasteiger partial charge in [-0.15, -0.1) is 0 Å². The zero-order valence-electron chi connectivity index (χ0n) is 13.8. The SMILES string of the molecule is CC(=O)SCCC[N+]1=C(C)C(C)(C)c2cc(S(=O)(=O)O)ccc21. The monoisotopic (exact) mass is 356 g/mol. The van der Waals surface area contributed by atoms with Gasteiger partial charge in [0.25, 0.3) is 10.1 Å². The van der Waals surface area contributed by atoms with Crippen LogP contribution < -0.4 is 0 Å². The summed E-state index contributed by atoms with van der Waals surface area (Å²) in [6, 6.07) is 4.73. The second-order valence-electron chi connectivity index (χ2n) is 6.21. The van der Waals surface area contributed by atoms with E-state index in [1.165, 1.54) is 17.8 Å². The first-order chi connectivity index (χ1) is 10.5. The van der Waals surface area contributed by atoms with E-state index >= 15 is 0 Å². The Morgan fingerprint density at radius 3 is 2.57 bits per heavy atom. The van der Waals surface area contributed by atoms with Crippen molar-refractivity contribution in [1.82, 2.24) is 0 Å². The molecule has 5 nitrogen and oxygen atoms in total. The van der Waals surface area contributed by atoms with E-state index in [-0.39, 0.29) is 15.4 Å². The fourth-order valence-corrected chi connectivity index (χ4v) is 3.92. The molecule has 2 rings (SSSR count). The smallest absolute Gasteiger partial charge is 0.288 e. The third-order valence-electron chi connectivity index (χ3n) is 4.37. The maximum atomic E-state index is 11.4. The highest BCUT2D eigenvalue weighted by atomic mass is 32.2. The average molecular weight is 356 g/mol. The first-order valence-corrected chi connectivity index (χ1v) is 9.84. The molecule has 0 spiro atoms. The van der Waals surface area contributed by atoms with Gasteiger partial charge in [0.05, 0.1) is 10.3 Å². The second kappa shape index (κ2) is 6.37. The summed E-state index contributed by atoms with van der Waals surface area (Å²) in [4.78, 5) is 10.9. The molecule has 0 aromatic heterocycles. The normalized spacial score (nSPS) is 16.6. The van der Waals surface area contributed by atoms with Crippen molar-refractivity contribution in [3.8, 4) is 0 Å². The Bertz CT molecular complexity index is 779. The van der Waals surface area contributed by atoms with Crippen molar-refractivity contribution in [3.63, 3.8) is 0 Å². The molecule has 1 aromatic rings. The van der Waals surface area contributed by atoms with Gasteiger partial charge < -0.3 is 0 Å². The fraction of sp³-hybridized carbons (Fsp3) is 0.500. The quantitative estimate of drug-likeness (QED) is 0.499. The number of hydrogen-bond acceptors (Lipinski definition) is 4. The van der Waals surface area contributed by atoms with Crippen LogP contribution in [0.3, 0.4) is 0 Å². The zero-order chi connectivity index (χ0) is 17.4. The molecule has 0 amide bonds. The Morgan fingerprint density at radius 2 is 2.00 bits per heavy atom. The van der Waals surface area contributed by atoms with Crippen molar-refractivity contribution in [2.45, 2.75) is 44.4 Å². The topological polar surface area (TPSA) is 74.5 Å². The van der Waals surface area contributed by atoms with E-state index in [1.807, 2.05) is 20.8 Å². The third kappa shape index (κ3) is 3.67. The minimum Gasteiger partial charge on any atom is -0.288 e. The number of carbonyl (C=O) groups excluding carboxylic acids is 1. The van der Waals surface area contributed by atoms with Gasteiger partial charge in [0.2, 0.25) is 5.69 Å². The van der Waals surface area contributed by atoms with Crippen LogP contribution in [0.4, 0.5) is 5.69 Å². The number of rotatable bonds is 5. The molecule has 0 atom stereocenters. The lowest BCUT2D eigenvalue weighted by atomic mass is 9.82. The highest BCUT2D eigenvalue weighted by Crippen LogP contribution is 2.40. The van der Waals surface area contributed by atoms with E-state index in [1.54, 1.807) is 19.1 Å². The maximum absolute atomic E-state index is 11.4. The summed E-state index contributed by atoms with van der Waals surface area (Å²) in [5.41, 5.74) is 2.69. The minimum absolute atomic E-state index is 0.0777. The molecule has 0 bridgehead atoms. The molecular formula is C16H22NO4S2+. The lowest BCUT2D eigenvalue weighted by molar-refractivity contribution is -0.438. The van der Waals surface area contributed by atoms with Crippen LogP contribution in [0.15, 0.2) is 23.1 Å². The summed E-state index contributed by atoms with van der Waals surface area (Å²) >= 11 is 1.32. The van der Waals surface area contributed by atoms with Gasteiger partial charge >= 0.3 is 0 Å². The first kappa shape index (κ1) is 18.2. The van der Waals surface area contributed by atoms with Crippen LogP contribution in [0.25, 0.3) is 0 Å². The number of carbonyl (C=O) groups is 1. The van der Waals surface area contributed by atoms with Gasteiger partial charge in [-0.25, -0.2) is 0 Å². The number of fused-ring (bicyclic) bond motifs is 1. The number of thioether (sulfide) groups is 1. The fourth-order valence-electron chi connectivity index (χ4n) is 2.85. The van der Waals surface area contributed by atoms with Crippen LogP contribution >= 0.6 is 11.8 Å². The predicted octanol–water partition coefficient (Wildman–Crippen LogP) is 3.00. The van der Waals surface area contributed by atoms with Crippen LogP contribution in [-0.4, -0.2) is 40.7 Å². The first-order valence-electron chi connectivity index (χ1n) is 7.42. The van der Waals surface area contributed by atoms with Crippen molar-refractivity contribution >= 4 is 38.4 Å². The highest BCUT2D eigenvalue weighted by molar-refractivity contribution is 8.13. The van der Waals surface area contributed by atoms with Gasteiger partial charge in [0, 0.05) is 37.7 Å². The standard InChI is InChI=1S/C16H21NO4S2/c1-11-16(3,4)14-10-13(23(19,20)21)6-7-15(14)17(11)8-5-9-22-12(2)18/h6-7,10H,5,8-9H2,1-4H3/p+1. The van der Waals surface area contributed by atoms with Crippen LogP contribution in [0, 0.1) is 0 Å². The molecule has 7 heteroatoms. The second-order valence-corrected chi connectivity index (χ2v) is 8.90. The third-order valence-corrected chi connectivity index (χ3v) is 6.12. The molecule has 0 unspecified atom stereocenters. The summed E-state index contributed by atoms with van der Waals surface area (Å²) in [5, 5.41) is 0.116. The average Bonchev–Trinajstić information content (AvgIpc) is 2.62. The largest absolute Gasteiger partial charge is 0.294 e. The molecule has 0 saturated carbocycles. The molecule has 1 aliphatic heterocycles. The van der Waals surface area contributed by atoms with Crippen LogP contribution in [0.2, 0.25) is 0 Å². The molecule has 1 N–H and O–H groups in total. The molecule has 0 radical (unpaired) electrons. The Morgan fingerprint density at radius 1 is 1.35 bits per heavy atom. The molecule has 0 saturated heterocycles. The summed E-state index contributed by atoms with van der Waals surface area (Å²) in [5.74, 6) is 0.762. The van der Waals surface area contributed by atoms with Crippen molar-refractivity contribution in [2.75, 3.05) is 12.3 Å². The Labute approximate surface area is 141 Å². The summed E-state index contributed by atoms with van der Waals surface area (Å²) in [6.45, 7) is 8.45. The van der Waals surface area contributed by atoms with E-state index < -0.39 is 10.1 Å².